The van der Waals surface area contributed by atoms with Gasteiger partial charge in [0.2, 0.25) is 0 Å². The second kappa shape index (κ2) is 11.5. The first kappa shape index (κ1) is 25.2. The van der Waals surface area contributed by atoms with Crippen molar-refractivity contribution in [1.82, 2.24) is 0 Å². The van der Waals surface area contributed by atoms with E-state index >= 15 is 0 Å². The molecular weight excluding hydrogens is 435 g/mol. The Hall–Kier alpha value is -2.09. The molecule has 5 nitrogen and oxygen atoms in total. The third-order valence-electron chi connectivity index (χ3n) is 4.41. The molecule has 2 aromatic carbocycles. The fourth-order valence-electron chi connectivity index (χ4n) is 3.00. The second-order valence-electron chi connectivity index (χ2n) is 6.64. The zero-order chi connectivity index (χ0) is 23.0. The van der Waals surface area contributed by atoms with Crippen molar-refractivity contribution in [3.05, 3.63) is 59.2 Å². The highest BCUT2D eigenvalue weighted by molar-refractivity contribution is 7.54. The first-order valence-electron chi connectivity index (χ1n) is 10.1. The highest BCUT2D eigenvalue weighted by atomic mass is 31.2. The minimum Gasteiger partial charge on any atom is -0.380 e. The molecule has 2 aromatic rings. The number of anilines is 2. The van der Waals surface area contributed by atoms with Crippen LogP contribution in [0.1, 0.15) is 32.8 Å². The Morgan fingerprint density at radius 1 is 0.903 bits per heavy atom. The number of hydrogen-bond acceptors (Lipinski definition) is 5. The van der Waals surface area contributed by atoms with Crippen molar-refractivity contribution in [3.8, 4) is 0 Å². The van der Waals surface area contributed by atoms with Gasteiger partial charge in [-0.3, -0.25) is 4.57 Å². The largest absolute Gasteiger partial charge is 0.380 e. The zero-order valence-corrected chi connectivity index (χ0v) is 18.6. The van der Waals surface area contributed by atoms with Crippen LogP contribution in [0.5, 0.6) is 0 Å². The van der Waals surface area contributed by atoms with Gasteiger partial charge >= 0.3 is 7.60 Å². The van der Waals surface area contributed by atoms with Crippen molar-refractivity contribution < 1.29 is 31.2 Å². The van der Waals surface area contributed by atoms with Crippen LogP contribution in [0.4, 0.5) is 28.9 Å². The molecule has 0 saturated carbocycles. The van der Waals surface area contributed by atoms with Crippen molar-refractivity contribution >= 4 is 19.0 Å². The lowest BCUT2D eigenvalue weighted by Gasteiger charge is -2.28. The third-order valence-corrected chi connectivity index (χ3v) is 6.72. The number of nitrogens with one attached hydrogen (secondary N) is 2. The fraction of sp³-hybridized carbons (Fsp3) is 0.429. The molecule has 0 aromatic heterocycles. The van der Waals surface area contributed by atoms with E-state index in [0.717, 1.165) is 0 Å². The van der Waals surface area contributed by atoms with Crippen molar-refractivity contribution in [1.29, 1.82) is 0 Å². The number of benzene rings is 2. The normalized spacial score (nSPS) is 12.6. The van der Waals surface area contributed by atoms with Crippen molar-refractivity contribution in [3.63, 3.8) is 0 Å². The molecule has 1 atom stereocenters. The molecule has 0 amide bonds. The Balaban J connectivity index is 2.52. The molecule has 0 heterocycles. The van der Waals surface area contributed by atoms with Crippen LogP contribution in [-0.2, 0) is 20.0 Å². The van der Waals surface area contributed by atoms with Gasteiger partial charge in [0.05, 0.1) is 13.2 Å². The van der Waals surface area contributed by atoms with Crippen molar-refractivity contribution in [2.24, 2.45) is 0 Å². The summed E-state index contributed by atoms with van der Waals surface area (Å²) >= 11 is 0. The molecule has 0 aliphatic heterocycles. The van der Waals surface area contributed by atoms with Gasteiger partial charge in [0, 0.05) is 24.2 Å². The van der Waals surface area contributed by atoms with Gasteiger partial charge in [0.15, 0.2) is 23.3 Å². The smallest absolute Gasteiger partial charge is 0.352 e. The first-order chi connectivity index (χ1) is 14.8. The van der Waals surface area contributed by atoms with E-state index in [-0.39, 0.29) is 19.8 Å². The zero-order valence-electron chi connectivity index (χ0n) is 17.7. The van der Waals surface area contributed by atoms with E-state index in [0.29, 0.717) is 12.1 Å². The highest BCUT2D eigenvalue weighted by Gasteiger charge is 2.38. The molecule has 0 bridgehead atoms. The Labute approximate surface area is 179 Å². The molecule has 172 valence electrons. The molecule has 0 fully saturated rings. The number of rotatable bonds is 12. The van der Waals surface area contributed by atoms with Gasteiger partial charge in [-0.05, 0) is 32.4 Å². The summed E-state index contributed by atoms with van der Waals surface area (Å²) in [5, 5.41) is 5.23. The molecule has 10 heteroatoms. The molecule has 0 aliphatic rings. The molecule has 0 unspecified atom stereocenters. The predicted molar refractivity (Wildman–Crippen MR) is 113 cm³/mol. The van der Waals surface area contributed by atoms with Crippen molar-refractivity contribution in [2.45, 2.75) is 39.4 Å². The van der Waals surface area contributed by atoms with Crippen LogP contribution < -0.4 is 10.6 Å². The Morgan fingerprint density at radius 2 is 1.45 bits per heavy atom. The van der Waals surface area contributed by atoms with Gasteiger partial charge in [-0.1, -0.05) is 25.1 Å². The molecule has 2 N–H and O–H groups in total. The summed E-state index contributed by atoms with van der Waals surface area (Å²) < 4.78 is 82.5. The maximum absolute atomic E-state index is 14.8. The molecular formula is C21H27F4N2O3P. The van der Waals surface area contributed by atoms with E-state index in [9.17, 15) is 22.1 Å². The van der Waals surface area contributed by atoms with Crippen molar-refractivity contribution in [2.75, 3.05) is 30.4 Å². The number of halogens is 4. The van der Waals surface area contributed by atoms with Gasteiger partial charge in [0.1, 0.15) is 11.5 Å². The SMILES string of the molecule is CCCNc1c(F)c(F)c(C[C@H](Nc2ccccc2)P(=O)(OCC)OCC)c(F)c1F. The standard InChI is InChI=1S/C21H27F4N2O3P/c1-4-12-26-21-19(24)17(22)15(18(23)20(21)25)13-16(27-14-10-8-7-9-11-14)31(28,29-5-2)30-6-3/h7-11,16,26-27H,4-6,12-13H2,1-3H3/t16-/m1/s1. The molecule has 0 saturated heterocycles. The van der Waals surface area contributed by atoms with E-state index in [1.165, 1.54) is 0 Å². The molecule has 0 radical (unpaired) electrons. The summed E-state index contributed by atoms with van der Waals surface area (Å²) in [4.78, 5) is 0. The summed E-state index contributed by atoms with van der Waals surface area (Å²) in [6, 6.07) is 8.42. The van der Waals surface area contributed by atoms with E-state index in [2.05, 4.69) is 10.6 Å². The van der Waals surface area contributed by atoms with E-state index in [1.54, 1.807) is 51.1 Å². The quantitative estimate of drug-likeness (QED) is 0.220. The minimum absolute atomic E-state index is 0.00217. The van der Waals surface area contributed by atoms with Gasteiger partial charge in [0.25, 0.3) is 0 Å². The Kier molecular flexibility index (Phi) is 9.34. The lowest BCUT2D eigenvalue weighted by atomic mass is 10.1. The number of hydrogen-bond donors (Lipinski definition) is 2. The average Bonchev–Trinajstić information content (AvgIpc) is 2.75. The summed E-state index contributed by atoms with van der Waals surface area (Å²) in [7, 11) is -3.96. The highest BCUT2D eigenvalue weighted by Crippen LogP contribution is 2.54. The minimum atomic E-state index is -3.96. The van der Waals surface area contributed by atoms with E-state index < -0.39 is 54.3 Å². The van der Waals surface area contributed by atoms with E-state index in [4.69, 9.17) is 9.05 Å². The lowest BCUT2D eigenvalue weighted by Crippen LogP contribution is -2.27. The third kappa shape index (κ3) is 5.99. The van der Waals surface area contributed by atoms with Crippen LogP contribution in [-0.4, -0.2) is 25.5 Å². The van der Waals surface area contributed by atoms with Crippen LogP contribution in [0.25, 0.3) is 0 Å². The molecule has 0 aliphatic carbocycles. The number of para-hydroxylation sites is 1. The van der Waals surface area contributed by atoms with Crippen LogP contribution in [0.15, 0.2) is 30.3 Å². The van der Waals surface area contributed by atoms with Gasteiger partial charge in [-0.25, -0.2) is 17.6 Å². The Morgan fingerprint density at radius 3 is 1.94 bits per heavy atom. The van der Waals surface area contributed by atoms with Gasteiger partial charge in [-0.2, -0.15) is 0 Å². The topological polar surface area (TPSA) is 59.6 Å². The fourth-order valence-corrected chi connectivity index (χ4v) is 4.87. The lowest BCUT2D eigenvalue weighted by molar-refractivity contribution is 0.213. The van der Waals surface area contributed by atoms with Gasteiger partial charge in [-0.15, -0.1) is 0 Å². The summed E-state index contributed by atoms with van der Waals surface area (Å²) in [6.45, 7) is 5.03. The predicted octanol–water partition coefficient (Wildman–Crippen LogP) is 6.31. The molecule has 31 heavy (non-hydrogen) atoms. The first-order valence-corrected chi connectivity index (χ1v) is 11.7. The Bertz CT molecular complexity index is 876. The second-order valence-corrected chi connectivity index (χ2v) is 8.86. The average molecular weight is 462 g/mol. The maximum Gasteiger partial charge on any atom is 0.352 e. The van der Waals surface area contributed by atoms with Crippen LogP contribution in [0, 0.1) is 23.3 Å². The summed E-state index contributed by atoms with van der Waals surface area (Å²) in [5.41, 5.74) is -1.29. The monoisotopic (exact) mass is 462 g/mol. The molecule has 0 spiro atoms. The maximum atomic E-state index is 14.8. The van der Waals surface area contributed by atoms with Crippen LogP contribution in [0.3, 0.4) is 0 Å². The van der Waals surface area contributed by atoms with Crippen LogP contribution >= 0.6 is 7.60 Å². The summed E-state index contributed by atoms with van der Waals surface area (Å²) in [6.07, 6.45) is -0.176. The summed E-state index contributed by atoms with van der Waals surface area (Å²) in [5.74, 6) is -7.49. The van der Waals surface area contributed by atoms with E-state index in [1.807, 2.05) is 0 Å². The van der Waals surface area contributed by atoms with Gasteiger partial charge < -0.3 is 19.7 Å². The molecule has 2 rings (SSSR count). The van der Waals surface area contributed by atoms with Crippen LogP contribution in [0.2, 0.25) is 0 Å².